The molecule has 0 unspecified atom stereocenters. The molecule has 1 aliphatic rings. The molecule has 0 spiro atoms. The van der Waals surface area contributed by atoms with Crippen molar-refractivity contribution in [3.8, 4) is 5.75 Å². The van der Waals surface area contributed by atoms with Gasteiger partial charge in [0.05, 0.1) is 5.69 Å². The average molecular weight is 302 g/mol. The second-order valence-electron chi connectivity index (χ2n) is 6.42. The van der Waals surface area contributed by atoms with Crippen molar-refractivity contribution >= 4 is 11.3 Å². The van der Waals surface area contributed by atoms with Crippen LogP contribution in [0.15, 0.2) is 24.3 Å². The number of nitrogens with zero attached hydrogens (tertiary/aromatic N) is 1. The van der Waals surface area contributed by atoms with Crippen LogP contribution >= 0.6 is 11.3 Å². The van der Waals surface area contributed by atoms with Gasteiger partial charge in [-0.2, -0.15) is 0 Å². The lowest BCUT2D eigenvalue weighted by Gasteiger charge is -2.17. The second kappa shape index (κ2) is 5.43. The lowest BCUT2D eigenvalue weighted by atomic mass is 10.0. The van der Waals surface area contributed by atoms with E-state index in [9.17, 15) is 0 Å². The van der Waals surface area contributed by atoms with Crippen molar-refractivity contribution in [1.29, 1.82) is 0 Å². The third kappa shape index (κ3) is 3.44. The van der Waals surface area contributed by atoms with E-state index in [-0.39, 0.29) is 5.54 Å². The van der Waals surface area contributed by atoms with Crippen molar-refractivity contribution < 1.29 is 4.74 Å². The van der Waals surface area contributed by atoms with E-state index >= 15 is 0 Å². The molecule has 3 rings (SSSR count). The van der Waals surface area contributed by atoms with Gasteiger partial charge < -0.3 is 10.5 Å². The molecule has 0 saturated heterocycles. The molecule has 21 heavy (non-hydrogen) atoms. The summed E-state index contributed by atoms with van der Waals surface area (Å²) >= 11 is 1.70. The minimum absolute atomic E-state index is 0.322. The summed E-state index contributed by atoms with van der Waals surface area (Å²) in [5.41, 5.74) is 8.38. The molecule has 1 aromatic carbocycles. The monoisotopic (exact) mass is 302 g/mol. The van der Waals surface area contributed by atoms with Crippen molar-refractivity contribution in [2.45, 2.75) is 51.7 Å². The van der Waals surface area contributed by atoms with Gasteiger partial charge in [0.2, 0.25) is 0 Å². The lowest BCUT2D eigenvalue weighted by Crippen LogP contribution is -2.28. The van der Waals surface area contributed by atoms with E-state index in [0.717, 1.165) is 10.8 Å². The topological polar surface area (TPSA) is 48.1 Å². The zero-order valence-electron chi connectivity index (χ0n) is 12.8. The predicted octanol–water partition coefficient (Wildman–Crippen LogP) is 4.10. The van der Waals surface area contributed by atoms with Gasteiger partial charge in [0, 0.05) is 16.3 Å². The minimum Gasteiger partial charge on any atom is -0.486 e. The van der Waals surface area contributed by atoms with Gasteiger partial charge >= 0.3 is 0 Å². The maximum Gasteiger partial charge on any atom is 0.140 e. The summed E-state index contributed by atoms with van der Waals surface area (Å²) in [5.74, 6) is 1.51. The Morgan fingerprint density at radius 3 is 2.76 bits per heavy atom. The van der Waals surface area contributed by atoms with Crippen molar-refractivity contribution in [3.63, 3.8) is 0 Å². The number of hydrogen-bond donors (Lipinski definition) is 1. The van der Waals surface area contributed by atoms with E-state index in [4.69, 9.17) is 15.5 Å². The zero-order chi connectivity index (χ0) is 15.0. The Morgan fingerprint density at radius 1 is 1.38 bits per heavy atom. The fraction of sp³-hybridized carbons (Fsp3) is 0.471. The molecule has 0 radical (unpaired) electrons. The van der Waals surface area contributed by atoms with Crippen LogP contribution in [-0.2, 0) is 12.1 Å². The van der Waals surface area contributed by atoms with E-state index in [0.29, 0.717) is 12.5 Å². The van der Waals surface area contributed by atoms with Gasteiger partial charge in [-0.1, -0.05) is 12.1 Å². The molecule has 1 aliphatic carbocycles. The van der Waals surface area contributed by atoms with Crippen LogP contribution in [0.25, 0.3) is 0 Å². The van der Waals surface area contributed by atoms with Gasteiger partial charge in [-0.05, 0) is 51.3 Å². The van der Waals surface area contributed by atoms with E-state index in [2.05, 4.69) is 26.8 Å². The first kappa shape index (κ1) is 14.5. The molecule has 112 valence electrons. The molecular weight excluding hydrogens is 280 g/mol. The molecule has 3 nitrogen and oxygen atoms in total. The second-order valence-corrected chi connectivity index (χ2v) is 7.51. The first-order valence-corrected chi connectivity index (χ1v) is 8.23. The number of aromatic nitrogens is 1. The van der Waals surface area contributed by atoms with E-state index in [1.165, 1.54) is 29.0 Å². The molecule has 0 amide bonds. The highest BCUT2D eigenvalue weighted by molar-refractivity contribution is 7.11. The fourth-order valence-electron chi connectivity index (χ4n) is 2.39. The summed E-state index contributed by atoms with van der Waals surface area (Å²) in [6.07, 6.45) is 2.48. The Labute approximate surface area is 130 Å². The van der Waals surface area contributed by atoms with Crippen LogP contribution in [0.5, 0.6) is 5.75 Å². The minimum atomic E-state index is -0.322. The number of hydrogen-bond acceptors (Lipinski definition) is 4. The molecule has 2 aromatic rings. The number of ether oxygens (including phenoxy) is 1. The molecule has 1 fully saturated rings. The summed E-state index contributed by atoms with van der Waals surface area (Å²) in [6.45, 7) is 6.69. The van der Waals surface area contributed by atoms with Crippen molar-refractivity contribution in [1.82, 2.24) is 4.98 Å². The van der Waals surface area contributed by atoms with Crippen LogP contribution in [0.3, 0.4) is 0 Å². The van der Waals surface area contributed by atoms with Crippen LogP contribution in [0.2, 0.25) is 0 Å². The van der Waals surface area contributed by atoms with Crippen molar-refractivity contribution in [3.05, 3.63) is 45.4 Å². The molecule has 4 heteroatoms. The molecule has 0 aliphatic heterocycles. The Bertz CT molecular complexity index is 638. The Kier molecular flexibility index (Phi) is 3.76. The first-order valence-electron chi connectivity index (χ1n) is 7.42. The van der Waals surface area contributed by atoms with Crippen LogP contribution in [0.4, 0.5) is 0 Å². The number of benzene rings is 1. The fourth-order valence-corrected chi connectivity index (χ4v) is 3.46. The summed E-state index contributed by atoms with van der Waals surface area (Å²) in [5, 5.41) is 1.02. The summed E-state index contributed by atoms with van der Waals surface area (Å²) < 4.78 is 5.86. The Morgan fingerprint density at radius 2 is 2.14 bits per heavy atom. The van der Waals surface area contributed by atoms with Crippen molar-refractivity contribution in [2.24, 2.45) is 5.73 Å². The number of rotatable bonds is 5. The predicted molar refractivity (Wildman–Crippen MR) is 86.8 cm³/mol. The average Bonchev–Trinajstić information content (AvgIpc) is 3.15. The first-order chi connectivity index (χ1) is 9.93. The van der Waals surface area contributed by atoms with Crippen LogP contribution in [-0.4, -0.2) is 4.98 Å². The Hall–Kier alpha value is -1.39. The third-order valence-electron chi connectivity index (χ3n) is 3.60. The van der Waals surface area contributed by atoms with Crippen LogP contribution < -0.4 is 10.5 Å². The van der Waals surface area contributed by atoms with Gasteiger partial charge in [0.15, 0.2) is 0 Å². The van der Waals surface area contributed by atoms with Gasteiger partial charge in [-0.25, -0.2) is 4.98 Å². The largest absolute Gasteiger partial charge is 0.486 e. The van der Waals surface area contributed by atoms with Gasteiger partial charge in [-0.15, -0.1) is 11.3 Å². The maximum absolute atomic E-state index is 6.29. The standard InChI is InChI=1S/C17H22N2OS/c1-11-5-4-6-13(9-11)20-10-14-19-15(12-7-8-12)16(21-14)17(2,3)18/h4-6,9,12H,7-8,10,18H2,1-3H3. The van der Waals surface area contributed by atoms with Crippen molar-refractivity contribution in [2.75, 3.05) is 0 Å². The van der Waals surface area contributed by atoms with E-state index in [1.54, 1.807) is 11.3 Å². The van der Waals surface area contributed by atoms with E-state index in [1.807, 2.05) is 18.2 Å². The SMILES string of the molecule is Cc1cccc(OCc2nc(C3CC3)c(C(C)(C)N)s2)c1. The smallest absolute Gasteiger partial charge is 0.140 e. The third-order valence-corrected chi connectivity index (χ3v) is 4.98. The summed E-state index contributed by atoms with van der Waals surface area (Å²) in [4.78, 5) is 6.01. The van der Waals surface area contributed by atoms with Gasteiger partial charge in [-0.3, -0.25) is 0 Å². The molecule has 0 atom stereocenters. The lowest BCUT2D eigenvalue weighted by molar-refractivity contribution is 0.305. The number of nitrogens with two attached hydrogens (primary N) is 1. The van der Waals surface area contributed by atoms with Gasteiger partial charge in [0.1, 0.15) is 17.4 Å². The number of thiazole rings is 1. The molecule has 1 aromatic heterocycles. The molecular formula is C17H22N2OS. The molecule has 1 heterocycles. The highest BCUT2D eigenvalue weighted by Crippen LogP contribution is 2.45. The quantitative estimate of drug-likeness (QED) is 0.904. The Balaban J connectivity index is 1.77. The summed E-state index contributed by atoms with van der Waals surface area (Å²) in [6, 6.07) is 8.10. The molecule has 0 bridgehead atoms. The summed E-state index contributed by atoms with van der Waals surface area (Å²) in [7, 11) is 0. The number of aryl methyl sites for hydroxylation is 1. The zero-order valence-corrected chi connectivity index (χ0v) is 13.7. The van der Waals surface area contributed by atoms with E-state index < -0.39 is 0 Å². The highest BCUT2D eigenvalue weighted by atomic mass is 32.1. The van der Waals surface area contributed by atoms with Crippen LogP contribution in [0, 0.1) is 6.92 Å². The van der Waals surface area contributed by atoms with Crippen LogP contribution in [0.1, 0.15) is 53.7 Å². The highest BCUT2D eigenvalue weighted by Gasteiger charge is 2.33. The van der Waals surface area contributed by atoms with Gasteiger partial charge in [0.25, 0.3) is 0 Å². The maximum atomic E-state index is 6.29. The molecule has 1 saturated carbocycles. The normalized spacial score (nSPS) is 15.2. The molecule has 2 N–H and O–H groups in total.